The molecule has 1 aromatic heterocycles. The molecule has 0 bridgehead atoms. The van der Waals surface area contributed by atoms with Crippen molar-refractivity contribution in [2.75, 3.05) is 23.4 Å². The lowest BCUT2D eigenvalue weighted by molar-refractivity contribution is 0.0702. The van der Waals surface area contributed by atoms with Crippen LogP contribution in [0.3, 0.4) is 0 Å². The maximum atomic E-state index is 12.6. The summed E-state index contributed by atoms with van der Waals surface area (Å²) in [5.74, 6) is 0.329. The van der Waals surface area contributed by atoms with Crippen LogP contribution in [0.15, 0.2) is 12.3 Å². The van der Waals surface area contributed by atoms with E-state index in [1.54, 1.807) is 11.0 Å². The summed E-state index contributed by atoms with van der Waals surface area (Å²) < 4.78 is 23.2. The van der Waals surface area contributed by atoms with Crippen LogP contribution in [0.2, 0.25) is 0 Å². The number of carbonyl (C=O) groups is 1. The topological polar surface area (TPSA) is 92.3 Å². The van der Waals surface area contributed by atoms with Gasteiger partial charge in [0.15, 0.2) is 9.84 Å². The summed E-state index contributed by atoms with van der Waals surface area (Å²) in [6, 6.07) is 1.45. The number of hydrogen-bond acceptors (Lipinski definition) is 6. The zero-order valence-electron chi connectivity index (χ0n) is 13.1. The smallest absolute Gasteiger partial charge is 0.272 e. The maximum Gasteiger partial charge on any atom is 0.272 e. The van der Waals surface area contributed by atoms with E-state index in [-0.39, 0.29) is 35.2 Å². The van der Waals surface area contributed by atoms with Crippen LogP contribution in [0, 0.1) is 0 Å². The van der Waals surface area contributed by atoms with Gasteiger partial charge < -0.3 is 10.2 Å². The number of aromatic nitrogens is 2. The number of nitrogens with zero attached hydrogens (tertiary/aromatic N) is 3. The van der Waals surface area contributed by atoms with Gasteiger partial charge in [-0.3, -0.25) is 4.79 Å². The first-order valence-corrected chi connectivity index (χ1v) is 9.25. The zero-order valence-corrected chi connectivity index (χ0v) is 13.9. The van der Waals surface area contributed by atoms with Crippen LogP contribution < -0.4 is 5.32 Å². The minimum absolute atomic E-state index is 0.0365. The van der Waals surface area contributed by atoms with E-state index in [2.05, 4.69) is 15.3 Å². The molecule has 1 fully saturated rings. The summed E-state index contributed by atoms with van der Waals surface area (Å²) in [5.41, 5.74) is 0.282. The molecule has 0 aliphatic carbocycles. The standard InChI is InChI=1S/C14H22N4O3S/c1-4-18(11-6-8-22(20,21)9-11)13(19)12-5-7-15-14(17-12)16-10(2)3/h5,7,10-11H,4,6,8-9H2,1-3H3,(H,15,16,17). The van der Waals surface area contributed by atoms with Crippen LogP contribution in [-0.4, -0.2) is 59.3 Å². The van der Waals surface area contributed by atoms with Crippen molar-refractivity contribution >= 4 is 21.7 Å². The third kappa shape index (κ3) is 3.94. The Hall–Kier alpha value is -1.70. The van der Waals surface area contributed by atoms with Crippen LogP contribution in [0.1, 0.15) is 37.7 Å². The SMILES string of the molecule is CCN(C(=O)c1ccnc(NC(C)C)n1)C1CCS(=O)(=O)C1. The highest BCUT2D eigenvalue weighted by molar-refractivity contribution is 7.91. The summed E-state index contributed by atoms with van der Waals surface area (Å²) >= 11 is 0. The lowest BCUT2D eigenvalue weighted by Gasteiger charge is -2.26. The highest BCUT2D eigenvalue weighted by atomic mass is 32.2. The summed E-state index contributed by atoms with van der Waals surface area (Å²) in [6.45, 7) is 6.21. The minimum Gasteiger partial charge on any atom is -0.352 e. The highest BCUT2D eigenvalue weighted by Crippen LogP contribution is 2.19. The van der Waals surface area contributed by atoms with Crippen LogP contribution in [0.4, 0.5) is 5.95 Å². The number of nitrogens with one attached hydrogen (secondary N) is 1. The molecule has 1 atom stereocenters. The van der Waals surface area contributed by atoms with E-state index >= 15 is 0 Å². The Morgan fingerprint density at radius 1 is 1.50 bits per heavy atom. The van der Waals surface area contributed by atoms with E-state index in [1.807, 2.05) is 20.8 Å². The van der Waals surface area contributed by atoms with Gasteiger partial charge >= 0.3 is 0 Å². The molecule has 22 heavy (non-hydrogen) atoms. The lowest BCUT2D eigenvalue weighted by Crippen LogP contribution is -2.41. The molecule has 1 N–H and O–H groups in total. The molecule has 1 amide bonds. The normalized spacial score (nSPS) is 20.1. The molecule has 122 valence electrons. The molecule has 8 heteroatoms. The predicted octanol–water partition coefficient (Wildman–Crippen LogP) is 0.946. The maximum absolute atomic E-state index is 12.6. The summed E-state index contributed by atoms with van der Waals surface area (Å²) in [6.07, 6.45) is 2.02. The molecule has 1 aliphatic rings. The zero-order chi connectivity index (χ0) is 16.3. The average molecular weight is 326 g/mol. The van der Waals surface area contributed by atoms with Gasteiger partial charge in [-0.25, -0.2) is 18.4 Å². The fourth-order valence-corrected chi connectivity index (χ4v) is 4.27. The van der Waals surface area contributed by atoms with Crippen LogP contribution >= 0.6 is 0 Å². The molecule has 1 aliphatic heterocycles. The lowest BCUT2D eigenvalue weighted by atomic mass is 10.2. The second kappa shape index (κ2) is 6.60. The van der Waals surface area contributed by atoms with Crippen molar-refractivity contribution in [2.24, 2.45) is 0 Å². The largest absolute Gasteiger partial charge is 0.352 e. The third-order valence-electron chi connectivity index (χ3n) is 3.54. The van der Waals surface area contributed by atoms with Gasteiger partial charge in [-0.1, -0.05) is 0 Å². The summed E-state index contributed by atoms with van der Waals surface area (Å²) in [7, 11) is -3.03. The number of anilines is 1. The van der Waals surface area contributed by atoms with E-state index in [9.17, 15) is 13.2 Å². The quantitative estimate of drug-likeness (QED) is 0.866. The monoisotopic (exact) mass is 326 g/mol. The summed E-state index contributed by atoms with van der Waals surface area (Å²) in [4.78, 5) is 22.5. The predicted molar refractivity (Wildman–Crippen MR) is 84.6 cm³/mol. The van der Waals surface area contributed by atoms with Gasteiger partial charge in [-0.15, -0.1) is 0 Å². The van der Waals surface area contributed by atoms with E-state index < -0.39 is 9.84 Å². The van der Waals surface area contributed by atoms with Crippen molar-refractivity contribution in [3.8, 4) is 0 Å². The first-order valence-electron chi connectivity index (χ1n) is 7.43. The van der Waals surface area contributed by atoms with Crippen LogP contribution in [0.5, 0.6) is 0 Å². The Bertz CT molecular complexity index is 645. The third-order valence-corrected chi connectivity index (χ3v) is 5.29. The molecule has 1 saturated heterocycles. The summed E-state index contributed by atoms with van der Waals surface area (Å²) in [5, 5.41) is 3.05. The number of sulfone groups is 1. The van der Waals surface area contributed by atoms with Crippen LogP contribution in [0.25, 0.3) is 0 Å². The van der Waals surface area contributed by atoms with Gasteiger partial charge in [-0.2, -0.15) is 0 Å². The number of carbonyl (C=O) groups excluding carboxylic acids is 1. The van der Waals surface area contributed by atoms with Crippen molar-refractivity contribution in [1.82, 2.24) is 14.9 Å². The van der Waals surface area contributed by atoms with Gasteiger partial charge in [0.25, 0.3) is 5.91 Å². The van der Waals surface area contributed by atoms with E-state index in [0.29, 0.717) is 18.9 Å². The number of hydrogen-bond donors (Lipinski definition) is 1. The number of rotatable bonds is 5. The number of amides is 1. The van der Waals surface area contributed by atoms with E-state index in [4.69, 9.17) is 0 Å². The molecular weight excluding hydrogens is 304 g/mol. The Morgan fingerprint density at radius 3 is 2.77 bits per heavy atom. The van der Waals surface area contributed by atoms with Crippen molar-refractivity contribution < 1.29 is 13.2 Å². The Morgan fingerprint density at radius 2 is 2.23 bits per heavy atom. The Labute approximate surface area is 131 Å². The van der Waals surface area contributed by atoms with Crippen molar-refractivity contribution in [3.05, 3.63) is 18.0 Å². The van der Waals surface area contributed by atoms with Gasteiger partial charge in [-0.05, 0) is 33.3 Å². The molecular formula is C14H22N4O3S. The second-order valence-corrected chi connectivity index (χ2v) is 7.94. The first-order chi connectivity index (χ1) is 10.3. The van der Waals surface area contributed by atoms with Crippen molar-refractivity contribution in [3.63, 3.8) is 0 Å². The average Bonchev–Trinajstić information content (AvgIpc) is 2.79. The molecule has 2 heterocycles. The Balaban J connectivity index is 2.18. The van der Waals surface area contributed by atoms with Crippen LogP contribution in [-0.2, 0) is 9.84 Å². The van der Waals surface area contributed by atoms with Gasteiger partial charge in [0.05, 0.1) is 11.5 Å². The molecule has 1 unspecified atom stereocenters. The molecule has 0 spiro atoms. The molecule has 0 saturated carbocycles. The molecule has 0 aromatic carbocycles. The fraction of sp³-hybridized carbons (Fsp3) is 0.643. The van der Waals surface area contributed by atoms with Gasteiger partial charge in [0, 0.05) is 24.8 Å². The molecule has 2 rings (SSSR count). The van der Waals surface area contributed by atoms with Crippen molar-refractivity contribution in [2.45, 2.75) is 39.3 Å². The molecule has 7 nitrogen and oxygen atoms in total. The van der Waals surface area contributed by atoms with Gasteiger partial charge in [0.1, 0.15) is 5.69 Å². The Kier molecular flexibility index (Phi) is 5.00. The van der Waals surface area contributed by atoms with Gasteiger partial charge in [0.2, 0.25) is 5.95 Å². The first kappa shape index (κ1) is 16.7. The second-order valence-electron chi connectivity index (χ2n) is 5.71. The molecule has 0 radical (unpaired) electrons. The molecule has 1 aromatic rings. The van der Waals surface area contributed by atoms with E-state index in [0.717, 1.165) is 0 Å². The minimum atomic E-state index is -3.03. The van der Waals surface area contributed by atoms with E-state index in [1.165, 1.54) is 6.20 Å². The fourth-order valence-electron chi connectivity index (χ4n) is 2.54. The highest BCUT2D eigenvalue weighted by Gasteiger charge is 2.34. The van der Waals surface area contributed by atoms with Crippen molar-refractivity contribution in [1.29, 1.82) is 0 Å².